The van der Waals surface area contributed by atoms with Crippen molar-refractivity contribution in [1.29, 1.82) is 0 Å². The van der Waals surface area contributed by atoms with Crippen LogP contribution >= 0.6 is 0 Å². The average molecular weight is 380 g/mol. The van der Waals surface area contributed by atoms with E-state index in [1.54, 1.807) is 6.92 Å². The lowest BCUT2D eigenvalue weighted by molar-refractivity contribution is 0.0527. The van der Waals surface area contributed by atoms with Crippen molar-refractivity contribution in [3.05, 3.63) is 48.2 Å². The molecule has 0 atom stereocenters. The van der Waals surface area contributed by atoms with Gasteiger partial charge in [-0.2, -0.15) is 0 Å². The Hall–Kier alpha value is -3.48. The Balaban J connectivity index is 1.82. The molecule has 2 heterocycles. The Morgan fingerprint density at radius 1 is 1.11 bits per heavy atom. The minimum absolute atomic E-state index is 0.197. The van der Waals surface area contributed by atoms with Crippen LogP contribution in [0.3, 0.4) is 0 Å². The summed E-state index contributed by atoms with van der Waals surface area (Å²) >= 11 is 0. The highest BCUT2D eigenvalue weighted by atomic mass is 16.7. The fourth-order valence-electron chi connectivity index (χ4n) is 3.05. The van der Waals surface area contributed by atoms with E-state index in [-0.39, 0.29) is 13.4 Å². The first-order valence-electron chi connectivity index (χ1n) is 9.09. The molecule has 1 aliphatic heterocycles. The second-order valence-electron chi connectivity index (χ2n) is 6.07. The molecule has 0 unspecified atom stereocenters. The third-order valence-electron chi connectivity index (χ3n) is 4.29. The van der Waals surface area contributed by atoms with Gasteiger partial charge in [-0.15, -0.1) is 0 Å². The molecular formula is C21H20N2O5. The van der Waals surface area contributed by atoms with Gasteiger partial charge in [0.1, 0.15) is 11.3 Å². The van der Waals surface area contributed by atoms with Crippen molar-refractivity contribution in [2.24, 2.45) is 0 Å². The number of hydrogen-bond acceptors (Lipinski definition) is 7. The van der Waals surface area contributed by atoms with E-state index in [1.807, 2.05) is 43.3 Å². The lowest BCUT2D eigenvalue weighted by Crippen LogP contribution is -2.09. The van der Waals surface area contributed by atoms with E-state index < -0.39 is 5.97 Å². The van der Waals surface area contributed by atoms with E-state index in [1.165, 1.54) is 6.20 Å². The van der Waals surface area contributed by atoms with Crippen molar-refractivity contribution in [3.63, 3.8) is 0 Å². The van der Waals surface area contributed by atoms with Gasteiger partial charge in [0, 0.05) is 23.3 Å². The van der Waals surface area contributed by atoms with Crippen LogP contribution < -0.4 is 19.5 Å². The number of nitrogens with zero attached hydrogens (tertiary/aromatic N) is 1. The minimum atomic E-state index is -0.443. The summed E-state index contributed by atoms with van der Waals surface area (Å²) < 4.78 is 21.6. The fourth-order valence-corrected chi connectivity index (χ4v) is 3.05. The van der Waals surface area contributed by atoms with Gasteiger partial charge < -0.3 is 24.3 Å². The summed E-state index contributed by atoms with van der Waals surface area (Å²) in [5.41, 5.74) is 2.44. The molecule has 0 spiro atoms. The number of benzene rings is 2. The van der Waals surface area contributed by atoms with Crippen LogP contribution in [0.2, 0.25) is 0 Å². The summed E-state index contributed by atoms with van der Waals surface area (Å²) in [4.78, 5) is 16.9. The van der Waals surface area contributed by atoms with E-state index in [0.29, 0.717) is 35.1 Å². The first-order valence-corrected chi connectivity index (χ1v) is 9.09. The fraction of sp³-hybridized carbons (Fsp3) is 0.238. The molecule has 0 fully saturated rings. The summed E-state index contributed by atoms with van der Waals surface area (Å²) in [6.45, 7) is 4.71. The van der Waals surface area contributed by atoms with Gasteiger partial charge in [0.15, 0.2) is 11.5 Å². The number of aromatic nitrogens is 1. The van der Waals surface area contributed by atoms with Gasteiger partial charge in [0.05, 0.1) is 24.4 Å². The molecule has 2 aromatic carbocycles. The van der Waals surface area contributed by atoms with Crippen molar-refractivity contribution < 1.29 is 23.7 Å². The third kappa shape index (κ3) is 3.38. The number of esters is 1. The zero-order chi connectivity index (χ0) is 19.5. The molecule has 1 N–H and O–H groups in total. The molecule has 0 bridgehead atoms. The van der Waals surface area contributed by atoms with Crippen molar-refractivity contribution in [2.75, 3.05) is 25.3 Å². The van der Waals surface area contributed by atoms with E-state index in [9.17, 15) is 4.79 Å². The molecule has 4 rings (SSSR count). The predicted octanol–water partition coefficient (Wildman–Crippen LogP) is 4.28. The average Bonchev–Trinajstić information content (AvgIpc) is 3.16. The second kappa shape index (κ2) is 7.64. The number of rotatable bonds is 6. The van der Waals surface area contributed by atoms with Crippen LogP contribution in [0.1, 0.15) is 24.2 Å². The monoisotopic (exact) mass is 380 g/mol. The van der Waals surface area contributed by atoms with Gasteiger partial charge in [0.2, 0.25) is 6.79 Å². The number of nitrogens with one attached hydrogen (secondary N) is 1. The Bertz CT molecular complexity index is 1030. The highest BCUT2D eigenvalue weighted by Gasteiger charge is 2.19. The first kappa shape index (κ1) is 17.9. The van der Waals surface area contributed by atoms with E-state index in [4.69, 9.17) is 18.9 Å². The molecule has 28 heavy (non-hydrogen) atoms. The molecule has 0 radical (unpaired) electrons. The SMILES string of the molecule is CCOC(=O)c1cnc2ccc(OCC)cc2c1Nc1ccc2c(c1)OCO2. The van der Waals surface area contributed by atoms with Crippen LogP contribution in [-0.4, -0.2) is 31.0 Å². The van der Waals surface area contributed by atoms with E-state index in [0.717, 1.165) is 16.6 Å². The maximum Gasteiger partial charge on any atom is 0.341 e. The van der Waals surface area contributed by atoms with Gasteiger partial charge in [-0.05, 0) is 44.2 Å². The zero-order valence-electron chi connectivity index (χ0n) is 15.7. The van der Waals surface area contributed by atoms with E-state index >= 15 is 0 Å². The molecule has 144 valence electrons. The lowest BCUT2D eigenvalue weighted by atomic mass is 10.1. The van der Waals surface area contributed by atoms with Gasteiger partial charge in [-0.3, -0.25) is 4.98 Å². The van der Waals surface area contributed by atoms with Gasteiger partial charge >= 0.3 is 5.97 Å². The topological polar surface area (TPSA) is 78.9 Å². The predicted molar refractivity (Wildman–Crippen MR) is 105 cm³/mol. The summed E-state index contributed by atoms with van der Waals surface area (Å²) in [6, 6.07) is 11.1. The minimum Gasteiger partial charge on any atom is -0.494 e. The van der Waals surface area contributed by atoms with Crippen molar-refractivity contribution in [1.82, 2.24) is 4.98 Å². The van der Waals surface area contributed by atoms with Crippen LogP contribution in [0.25, 0.3) is 10.9 Å². The van der Waals surface area contributed by atoms with Crippen molar-refractivity contribution in [3.8, 4) is 17.2 Å². The van der Waals surface area contributed by atoms with E-state index in [2.05, 4.69) is 10.3 Å². The van der Waals surface area contributed by atoms with Crippen LogP contribution in [0.4, 0.5) is 11.4 Å². The summed E-state index contributed by atoms with van der Waals surface area (Å²) in [6.07, 6.45) is 1.52. The maximum atomic E-state index is 12.5. The molecular weight excluding hydrogens is 360 g/mol. The second-order valence-corrected chi connectivity index (χ2v) is 6.07. The van der Waals surface area contributed by atoms with Gasteiger partial charge in [-0.1, -0.05) is 0 Å². The first-order chi connectivity index (χ1) is 13.7. The van der Waals surface area contributed by atoms with Crippen LogP contribution in [0.5, 0.6) is 17.2 Å². The number of carbonyl (C=O) groups excluding carboxylic acids is 1. The number of hydrogen-bond donors (Lipinski definition) is 1. The molecule has 0 saturated carbocycles. The Morgan fingerprint density at radius 2 is 1.96 bits per heavy atom. The molecule has 0 amide bonds. The number of carbonyl (C=O) groups is 1. The van der Waals surface area contributed by atoms with Crippen LogP contribution in [-0.2, 0) is 4.74 Å². The lowest BCUT2D eigenvalue weighted by Gasteiger charge is -2.15. The van der Waals surface area contributed by atoms with Crippen LogP contribution in [0, 0.1) is 0 Å². The van der Waals surface area contributed by atoms with Gasteiger partial charge in [0.25, 0.3) is 0 Å². The number of ether oxygens (including phenoxy) is 4. The Kier molecular flexibility index (Phi) is 4.89. The molecule has 1 aliphatic rings. The molecule has 7 heteroatoms. The summed E-state index contributed by atoms with van der Waals surface area (Å²) in [7, 11) is 0. The number of pyridine rings is 1. The molecule has 7 nitrogen and oxygen atoms in total. The zero-order valence-corrected chi connectivity index (χ0v) is 15.7. The molecule has 0 aliphatic carbocycles. The smallest absolute Gasteiger partial charge is 0.341 e. The van der Waals surface area contributed by atoms with Crippen LogP contribution in [0.15, 0.2) is 42.6 Å². The molecule has 0 saturated heterocycles. The number of fused-ring (bicyclic) bond motifs is 2. The third-order valence-corrected chi connectivity index (χ3v) is 4.29. The largest absolute Gasteiger partial charge is 0.494 e. The number of anilines is 2. The van der Waals surface area contributed by atoms with Crippen molar-refractivity contribution >= 4 is 28.2 Å². The van der Waals surface area contributed by atoms with Crippen molar-refractivity contribution in [2.45, 2.75) is 13.8 Å². The molecule has 1 aromatic heterocycles. The maximum absolute atomic E-state index is 12.5. The summed E-state index contributed by atoms with van der Waals surface area (Å²) in [5.74, 6) is 1.60. The molecule has 3 aromatic rings. The standard InChI is InChI=1S/C21H20N2O5/c1-3-25-14-6-7-17-15(10-14)20(16(11-22-17)21(24)26-4-2)23-13-5-8-18-19(9-13)28-12-27-18/h5-11H,3-4,12H2,1-2H3,(H,22,23). The quantitative estimate of drug-likeness (QED) is 0.639. The normalized spacial score (nSPS) is 12.1. The Morgan fingerprint density at radius 3 is 2.79 bits per heavy atom. The highest BCUT2D eigenvalue weighted by Crippen LogP contribution is 2.37. The van der Waals surface area contributed by atoms with Gasteiger partial charge in [-0.25, -0.2) is 4.79 Å². The Labute approximate surface area is 162 Å². The highest BCUT2D eigenvalue weighted by molar-refractivity contribution is 6.06. The summed E-state index contributed by atoms with van der Waals surface area (Å²) in [5, 5.41) is 4.08.